The molecule has 0 radical (unpaired) electrons. The lowest BCUT2D eigenvalue weighted by Gasteiger charge is -2.37. The average Bonchev–Trinajstić information content (AvgIpc) is 2.93. The highest BCUT2D eigenvalue weighted by molar-refractivity contribution is 9.10. The van der Waals surface area contributed by atoms with E-state index in [1.807, 2.05) is 24.3 Å². The van der Waals surface area contributed by atoms with Crippen molar-refractivity contribution in [1.82, 2.24) is 0 Å². The summed E-state index contributed by atoms with van der Waals surface area (Å²) in [6.45, 7) is 8.73. The fourth-order valence-electron chi connectivity index (χ4n) is 3.93. The number of amides is 1. The molecule has 1 N–H and O–H groups in total. The highest BCUT2D eigenvalue weighted by atomic mass is 79.9. The Hall–Kier alpha value is -1.09. The first-order valence-corrected chi connectivity index (χ1v) is 7.92. The van der Waals surface area contributed by atoms with E-state index in [4.69, 9.17) is 0 Å². The molecule has 2 saturated carbocycles. The Morgan fingerprint density at radius 1 is 1.35 bits per heavy atom. The van der Waals surface area contributed by atoms with Crippen molar-refractivity contribution in [3.8, 4) is 0 Å². The van der Waals surface area contributed by atoms with Crippen molar-refractivity contribution in [1.29, 1.82) is 0 Å². The lowest BCUT2D eigenvalue weighted by atomic mass is 9.68. The fraction of sp³-hybridized carbons (Fsp3) is 0.471. The van der Waals surface area contributed by atoms with E-state index in [2.05, 4.69) is 41.7 Å². The minimum Gasteiger partial charge on any atom is -0.325 e. The number of nitrogens with one attached hydrogen (secondary N) is 1. The molecule has 1 aromatic carbocycles. The first-order valence-electron chi connectivity index (χ1n) is 7.13. The largest absolute Gasteiger partial charge is 0.325 e. The molecule has 0 aliphatic heterocycles. The van der Waals surface area contributed by atoms with Crippen molar-refractivity contribution in [2.24, 2.45) is 16.7 Å². The van der Waals surface area contributed by atoms with Crippen LogP contribution in [0.1, 0.15) is 33.1 Å². The molecule has 1 amide bonds. The summed E-state index contributed by atoms with van der Waals surface area (Å²) in [5.41, 5.74) is 1.72. The molecule has 0 spiro atoms. The van der Waals surface area contributed by atoms with Crippen LogP contribution in [0.25, 0.3) is 0 Å². The number of hydrogen-bond acceptors (Lipinski definition) is 1. The fourth-order valence-corrected chi connectivity index (χ4v) is 4.19. The minimum absolute atomic E-state index is 0.0926. The monoisotopic (exact) mass is 333 g/mol. The third kappa shape index (κ3) is 1.86. The van der Waals surface area contributed by atoms with E-state index in [9.17, 15) is 4.79 Å². The molecule has 2 aliphatic carbocycles. The molecular formula is C17H20BrNO. The zero-order valence-electron chi connectivity index (χ0n) is 12.0. The Bertz CT molecular complexity index is 575. The summed E-state index contributed by atoms with van der Waals surface area (Å²) in [7, 11) is 0. The Balaban J connectivity index is 1.84. The lowest BCUT2D eigenvalue weighted by molar-refractivity contribution is -0.123. The van der Waals surface area contributed by atoms with Crippen LogP contribution in [0.3, 0.4) is 0 Å². The predicted molar refractivity (Wildman–Crippen MR) is 85.5 cm³/mol. The van der Waals surface area contributed by atoms with E-state index in [1.54, 1.807) is 0 Å². The van der Waals surface area contributed by atoms with Crippen molar-refractivity contribution in [3.05, 3.63) is 40.9 Å². The van der Waals surface area contributed by atoms with E-state index in [0.29, 0.717) is 5.92 Å². The summed E-state index contributed by atoms with van der Waals surface area (Å²) in [6.07, 6.45) is 3.04. The van der Waals surface area contributed by atoms with Gasteiger partial charge in [0.25, 0.3) is 0 Å². The van der Waals surface area contributed by atoms with E-state index >= 15 is 0 Å². The maximum Gasteiger partial charge on any atom is 0.234 e. The van der Waals surface area contributed by atoms with Gasteiger partial charge in [-0.1, -0.05) is 41.9 Å². The Kier molecular flexibility index (Phi) is 3.09. The Labute approximate surface area is 128 Å². The van der Waals surface area contributed by atoms with Gasteiger partial charge in [-0.3, -0.25) is 4.79 Å². The molecule has 3 heteroatoms. The molecule has 0 aromatic heterocycles. The Morgan fingerprint density at radius 2 is 2.00 bits per heavy atom. The van der Waals surface area contributed by atoms with Gasteiger partial charge in [0.2, 0.25) is 5.91 Å². The summed E-state index contributed by atoms with van der Waals surface area (Å²) in [5, 5.41) is 3.08. The molecule has 0 unspecified atom stereocenters. The van der Waals surface area contributed by atoms with Crippen molar-refractivity contribution < 1.29 is 4.79 Å². The van der Waals surface area contributed by atoms with Gasteiger partial charge >= 0.3 is 0 Å². The molecule has 2 bridgehead atoms. The lowest BCUT2D eigenvalue weighted by Crippen LogP contribution is -2.37. The molecule has 2 aliphatic rings. The number of hydrogen-bond donors (Lipinski definition) is 1. The number of carbonyl (C=O) groups is 1. The van der Waals surface area contributed by atoms with Crippen LogP contribution in [0.4, 0.5) is 5.69 Å². The standard InChI is InChI=1S/C17H20BrNO/c1-11-16(2,3)12-8-9-17(11,10-12)15(20)19-14-6-4-13(18)5-7-14/h4-7,12H,1,8-10H2,2-3H3,(H,19,20)/t12-,17-/m1/s1. The molecule has 2 atom stereocenters. The van der Waals surface area contributed by atoms with Crippen LogP contribution in [0.15, 0.2) is 40.9 Å². The van der Waals surface area contributed by atoms with Gasteiger partial charge in [0.1, 0.15) is 0 Å². The van der Waals surface area contributed by atoms with Crippen LogP contribution in [0.5, 0.6) is 0 Å². The highest BCUT2D eigenvalue weighted by Crippen LogP contribution is 2.65. The van der Waals surface area contributed by atoms with Crippen LogP contribution in [-0.4, -0.2) is 5.91 Å². The minimum atomic E-state index is -0.346. The van der Waals surface area contributed by atoms with Crippen molar-refractivity contribution in [2.45, 2.75) is 33.1 Å². The maximum absolute atomic E-state index is 12.8. The summed E-state index contributed by atoms with van der Waals surface area (Å²) < 4.78 is 1.01. The van der Waals surface area contributed by atoms with Gasteiger partial charge in [-0.2, -0.15) is 0 Å². The van der Waals surface area contributed by atoms with Gasteiger partial charge in [-0.25, -0.2) is 0 Å². The van der Waals surface area contributed by atoms with Gasteiger partial charge in [0, 0.05) is 10.2 Å². The molecular weight excluding hydrogens is 314 g/mol. The van der Waals surface area contributed by atoms with Crippen molar-refractivity contribution in [2.75, 3.05) is 5.32 Å². The molecule has 2 fully saturated rings. The van der Waals surface area contributed by atoms with Crippen LogP contribution in [0, 0.1) is 16.7 Å². The smallest absolute Gasteiger partial charge is 0.234 e. The molecule has 0 heterocycles. The van der Waals surface area contributed by atoms with E-state index < -0.39 is 0 Å². The Morgan fingerprint density at radius 3 is 2.55 bits per heavy atom. The SMILES string of the molecule is C=C1C(C)(C)[C@@H]2CC[C@@]1(C(=O)Nc1ccc(Br)cc1)C2. The second kappa shape index (κ2) is 4.45. The molecule has 0 saturated heterocycles. The summed E-state index contributed by atoms with van der Waals surface area (Å²) >= 11 is 3.41. The van der Waals surface area contributed by atoms with Gasteiger partial charge in [0.05, 0.1) is 5.41 Å². The average molecular weight is 334 g/mol. The second-order valence-electron chi connectivity index (χ2n) is 6.68. The van der Waals surface area contributed by atoms with Crippen molar-refractivity contribution >= 4 is 27.5 Å². The maximum atomic E-state index is 12.8. The zero-order valence-corrected chi connectivity index (χ0v) is 13.6. The van der Waals surface area contributed by atoms with Gasteiger partial charge < -0.3 is 5.32 Å². The van der Waals surface area contributed by atoms with Gasteiger partial charge in [-0.15, -0.1) is 0 Å². The number of anilines is 1. The molecule has 20 heavy (non-hydrogen) atoms. The third-order valence-electron chi connectivity index (χ3n) is 5.43. The first-order chi connectivity index (χ1) is 9.36. The number of carbonyl (C=O) groups excluding carboxylic acids is 1. The van der Waals surface area contributed by atoms with E-state index in [0.717, 1.165) is 35.0 Å². The topological polar surface area (TPSA) is 29.1 Å². The van der Waals surface area contributed by atoms with Gasteiger partial charge in [-0.05, 0) is 54.9 Å². The molecule has 2 nitrogen and oxygen atoms in total. The number of fused-ring (bicyclic) bond motifs is 2. The molecule has 106 valence electrons. The first kappa shape index (κ1) is 13.9. The summed E-state index contributed by atoms with van der Waals surface area (Å²) in [4.78, 5) is 12.8. The summed E-state index contributed by atoms with van der Waals surface area (Å²) in [6, 6.07) is 7.73. The number of rotatable bonds is 2. The molecule has 3 rings (SSSR count). The quantitative estimate of drug-likeness (QED) is 0.776. The van der Waals surface area contributed by atoms with Crippen LogP contribution in [-0.2, 0) is 4.79 Å². The number of benzene rings is 1. The highest BCUT2D eigenvalue weighted by Gasteiger charge is 2.60. The van der Waals surface area contributed by atoms with E-state index in [1.165, 1.54) is 0 Å². The number of halogens is 1. The normalized spacial score (nSPS) is 30.6. The van der Waals surface area contributed by atoms with Crippen LogP contribution >= 0.6 is 15.9 Å². The van der Waals surface area contributed by atoms with Gasteiger partial charge in [0.15, 0.2) is 0 Å². The van der Waals surface area contributed by atoms with Crippen LogP contribution < -0.4 is 5.32 Å². The van der Waals surface area contributed by atoms with Crippen molar-refractivity contribution in [3.63, 3.8) is 0 Å². The van der Waals surface area contributed by atoms with E-state index in [-0.39, 0.29) is 16.7 Å². The summed E-state index contributed by atoms with van der Waals surface area (Å²) in [5.74, 6) is 0.726. The predicted octanol–water partition coefficient (Wildman–Crippen LogP) is 4.77. The third-order valence-corrected chi connectivity index (χ3v) is 5.96. The second-order valence-corrected chi connectivity index (χ2v) is 7.60. The molecule has 1 aromatic rings. The van der Waals surface area contributed by atoms with Crippen LogP contribution in [0.2, 0.25) is 0 Å². The zero-order chi connectivity index (χ0) is 14.5.